The summed E-state index contributed by atoms with van der Waals surface area (Å²) in [4.78, 5) is 0. The number of hydrazine groups is 1. The van der Waals surface area contributed by atoms with Gasteiger partial charge in [-0.05, 0) is 55.2 Å². The number of nitrogens with two attached hydrogens (primary N) is 1. The molecule has 2 rings (SSSR count). The molecule has 1 atom stereocenters. The molecule has 0 amide bonds. The van der Waals surface area contributed by atoms with Crippen LogP contribution in [0.4, 0.5) is 13.2 Å². The van der Waals surface area contributed by atoms with Gasteiger partial charge >= 0.3 is 0 Å². The Kier molecular flexibility index (Phi) is 4.65. The Balaban J connectivity index is 2.39. The van der Waals surface area contributed by atoms with E-state index in [1.807, 2.05) is 0 Å². The summed E-state index contributed by atoms with van der Waals surface area (Å²) >= 11 is 0. The normalized spacial score (nSPS) is 12.5. The van der Waals surface area contributed by atoms with E-state index in [1.54, 1.807) is 19.9 Å². The Morgan fingerprint density at radius 2 is 1.76 bits per heavy atom. The molecule has 0 aliphatic rings. The lowest BCUT2D eigenvalue weighted by Gasteiger charge is -2.20. The minimum atomic E-state index is -0.728. The first-order valence-corrected chi connectivity index (χ1v) is 6.59. The summed E-state index contributed by atoms with van der Waals surface area (Å²) in [7, 11) is 0. The molecule has 0 radical (unpaired) electrons. The van der Waals surface area contributed by atoms with Crippen molar-refractivity contribution in [3.63, 3.8) is 0 Å². The van der Waals surface area contributed by atoms with Gasteiger partial charge in [-0.2, -0.15) is 0 Å². The van der Waals surface area contributed by atoms with E-state index in [0.717, 1.165) is 5.56 Å². The predicted molar refractivity (Wildman–Crippen MR) is 76.0 cm³/mol. The quantitative estimate of drug-likeness (QED) is 0.669. The fourth-order valence-electron chi connectivity index (χ4n) is 2.35. The monoisotopic (exact) mass is 294 g/mol. The Labute approximate surface area is 121 Å². The number of rotatable bonds is 4. The zero-order valence-corrected chi connectivity index (χ0v) is 11.9. The molecule has 112 valence electrons. The van der Waals surface area contributed by atoms with Crippen LogP contribution in [0.1, 0.15) is 28.3 Å². The van der Waals surface area contributed by atoms with Gasteiger partial charge in [0, 0.05) is 5.56 Å². The maximum absolute atomic E-state index is 14.2. The van der Waals surface area contributed by atoms with Gasteiger partial charge < -0.3 is 0 Å². The van der Waals surface area contributed by atoms with Crippen molar-refractivity contribution in [3.05, 3.63) is 70.0 Å². The molecule has 3 N–H and O–H groups in total. The zero-order valence-electron chi connectivity index (χ0n) is 11.9. The van der Waals surface area contributed by atoms with Gasteiger partial charge in [-0.15, -0.1) is 0 Å². The van der Waals surface area contributed by atoms with Gasteiger partial charge in [0.15, 0.2) is 0 Å². The van der Waals surface area contributed by atoms with E-state index >= 15 is 0 Å². The highest BCUT2D eigenvalue weighted by atomic mass is 19.1. The molecule has 21 heavy (non-hydrogen) atoms. The molecule has 0 saturated heterocycles. The third kappa shape index (κ3) is 3.25. The number of hydrogen-bond acceptors (Lipinski definition) is 2. The van der Waals surface area contributed by atoms with Crippen molar-refractivity contribution in [3.8, 4) is 0 Å². The number of halogens is 3. The third-order valence-electron chi connectivity index (χ3n) is 3.60. The smallest absolute Gasteiger partial charge is 0.133 e. The van der Waals surface area contributed by atoms with Crippen molar-refractivity contribution >= 4 is 0 Å². The van der Waals surface area contributed by atoms with E-state index in [4.69, 9.17) is 5.84 Å². The second kappa shape index (κ2) is 6.28. The van der Waals surface area contributed by atoms with Crippen LogP contribution in [0.25, 0.3) is 0 Å². The van der Waals surface area contributed by atoms with Gasteiger partial charge in [-0.1, -0.05) is 12.1 Å². The molecule has 2 aromatic carbocycles. The molecule has 5 heteroatoms. The van der Waals surface area contributed by atoms with E-state index in [1.165, 1.54) is 24.3 Å². The van der Waals surface area contributed by atoms with Crippen LogP contribution in [0, 0.1) is 31.3 Å². The highest BCUT2D eigenvalue weighted by molar-refractivity contribution is 5.33. The van der Waals surface area contributed by atoms with Crippen molar-refractivity contribution in [1.82, 2.24) is 5.43 Å². The van der Waals surface area contributed by atoms with Gasteiger partial charge in [-0.3, -0.25) is 11.3 Å². The molecule has 1 unspecified atom stereocenters. The Hall–Kier alpha value is -1.85. The highest BCUT2D eigenvalue weighted by Crippen LogP contribution is 2.26. The molecule has 0 aliphatic carbocycles. The molecule has 2 aromatic rings. The SMILES string of the molecule is Cc1cc(F)ccc1CC(NN)c1c(F)ccc(C)c1F. The maximum atomic E-state index is 14.2. The number of aryl methyl sites for hydroxylation is 2. The highest BCUT2D eigenvalue weighted by Gasteiger charge is 2.21. The van der Waals surface area contributed by atoms with Gasteiger partial charge in [0.1, 0.15) is 17.5 Å². The summed E-state index contributed by atoms with van der Waals surface area (Å²) in [6, 6.07) is 6.17. The average molecular weight is 294 g/mol. The molecule has 0 bridgehead atoms. The predicted octanol–water partition coefficient (Wildman–Crippen LogP) is 3.47. The average Bonchev–Trinajstić information content (AvgIpc) is 2.44. The third-order valence-corrected chi connectivity index (χ3v) is 3.60. The van der Waals surface area contributed by atoms with Gasteiger partial charge in [0.2, 0.25) is 0 Å². The molecule has 0 aromatic heterocycles. The maximum Gasteiger partial charge on any atom is 0.133 e. The summed E-state index contributed by atoms with van der Waals surface area (Å²) < 4.78 is 41.2. The fraction of sp³-hybridized carbons (Fsp3) is 0.250. The fourth-order valence-corrected chi connectivity index (χ4v) is 2.35. The molecular weight excluding hydrogens is 277 g/mol. The Morgan fingerprint density at radius 1 is 1.05 bits per heavy atom. The van der Waals surface area contributed by atoms with Gasteiger partial charge in [0.25, 0.3) is 0 Å². The minimum absolute atomic E-state index is 0.0961. The van der Waals surface area contributed by atoms with Crippen LogP contribution in [-0.4, -0.2) is 0 Å². The molecular formula is C16H17F3N2. The van der Waals surface area contributed by atoms with Crippen molar-refractivity contribution in [1.29, 1.82) is 0 Å². The van der Waals surface area contributed by atoms with Crippen LogP contribution in [-0.2, 0) is 6.42 Å². The van der Waals surface area contributed by atoms with E-state index in [2.05, 4.69) is 5.43 Å². The number of benzene rings is 2. The van der Waals surface area contributed by atoms with Gasteiger partial charge in [-0.25, -0.2) is 13.2 Å². The lowest BCUT2D eigenvalue weighted by Crippen LogP contribution is -2.31. The minimum Gasteiger partial charge on any atom is -0.271 e. The van der Waals surface area contributed by atoms with Crippen molar-refractivity contribution in [2.75, 3.05) is 0 Å². The topological polar surface area (TPSA) is 38.0 Å². The first-order valence-electron chi connectivity index (χ1n) is 6.59. The van der Waals surface area contributed by atoms with Gasteiger partial charge in [0.05, 0.1) is 6.04 Å². The summed E-state index contributed by atoms with van der Waals surface area (Å²) in [6.07, 6.45) is 0.264. The van der Waals surface area contributed by atoms with Crippen LogP contribution >= 0.6 is 0 Å². The summed E-state index contributed by atoms with van der Waals surface area (Å²) in [6.45, 7) is 3.31. The summed E-state index contributed by atoms with van der Waals surface area (Å²) in [5, 5.41) is 0. The first kappa shape index (κ1) is 15.5. The van der Waals surface area contributed by atoms with Crippen LogP contribution in [0.15, 0.2) is 30.3 Å². The van der Waals surface area contributed by atoms with E-state index in [9.17, 15) is 13.2 Å². The van der Waals surface area contributed by atoms with Crippen molar-refractivity contribution < 1.29 is 13.2 Å². The zero-order chi connectivity index (χ0) is 15.6. The van der Waals surface area contributed by atoms with E-state index in [-0.39, 0.29) is 17.8 Å². The number of hydrogen-bond donors (Lipinski definition) is 2. The Bertz CT molecular complexity index is 656. The molecule has 0 heterocycles. The van der Waals surface area contributed by atoms with Crippen LogP contribution in [0.3, 0.4) is 0 Å². The molecule has 2 nitrogen and oxygen atoms in total. The molecule has 0 aliphatic heterocycles. The largest absolute Gasteiger partial charge is 0.271 e. The second-order valence-electron chi connectivity index (χ2n) is 5.09. The van der Waals surface area contributed by atoms with Crippen LogP contribution in [0.2, 0.25) is 0 Å². The first-order chi connectivity index (χ1) is 9.93. The van der Waals surface area contributed by atoms with Crippen molar-refractivity contribution in [2.24, 2.45) is 5.84 Å². The lowest BCUT2D eigenvalue weighted by atomic mass is 9.94. The molecule has 0 spiro atoms. The molecule has 0 fully saturated rings. The van der Waals surface area contributed by atoms with Crippen molar-refractivity contribution in [2.45, 2.75) is 26.3 Å². The van der Waals surface area contributed by atoms with E-state index < -0.39 is 17.7 Å². The van der Waals surface area contributed by atoms with Crippen LogP contribution in [0.5, 0.6) is 0 Å². The summed E-state index contributed by atoms with van der Waals surface area (Å²) in [5.74, 6) is 3.85. The lowest BCUT2D eigenvalue weighted by molar-refractivity contribution is 0.469. The number of nitrogens with one attached hydrogen (secondary N) is 1. The molecule has 0 saturated carbocycles. The standard InChI is InChI=1S/C16H17F3N2/c1-9-3-6-13(18)15(16(9)19)14(21-20)8-11-4-5-12(17)7-10(11)2/h3-7,14,21H,8,20H2,1-2H3. The van der Waals surface area contributed by atoms with E-state index in [0.29, 0.717) is 11.1 Å². The second-order valence-corrected chi connectivity index (χ2v) is 5.09. The summed E-state index contributed by atoms with van der Waals surface area (Å²) in [5.41, 5.74) is 4.19. The Morgan fingerprint density at radius 3 is 2.38 bits per heavy atom. The van der Waals surface area contributed by atoms with Crippen LogP contribution < -0.4 is 11.3 Å².